The molecular formula is C15H17NO. The fourth-order valence-electron chi connectivity index (χ4n) is 1.85. The van der Waals surface area contributed by atoms with Crippen molar-refractivity contribution in [1.29, 1.82) is 0 Å². The Kier molecular flexibility index (Phi) is 3.14. The number of nitrogens with zero attached hydrogens (tertiary/aromatic N) is 1. The summed E-state index contributed by atoms with van der Waals surface area (Å²) < 4.78 is 0. The molecule has 0 amide bonds. The minimum atomic E-state index is 0.334. The van der Waals surface area contributed by atoms with Gasteiger partial charge in [0, 0.05) is 17.5 Å². The molecule has 1 aromatic carbocycles. The van der Waals surface area contributed by atoms with Crippen LogP contribution in [0, 0.1) is 6.92 Å². The van der Waals surface area contributed by atoms with Crippen molar-refractivity contribution in [2.45, 2.75) is 26.7 Å². The number of pyridine rings is 1. The van der Waals surface area contributed by atoms with Crippen molar-refractivity contribution >= 4 is 0 Å². The second kappa shape index (κ2) is 4.58. The maximum Gasteiger partial charge on any atom is 0.119 e. The topological polar surface area (TPSA) is 33.1 Å². The molecule has 1 heterocycles. The van der Waals surface area contributed by atoms with Crippen LogP contribution in [0.2, 0.25) is 0 Å². The van der Waals surface area contributed by atoms with E-state index in [1.54, 1.807) is 0 Å². The molecular weight excluding hydrogens is 210 g/mol. The van der Waals surface area contributed by atoms with Gasteiger partial charge in [0.05, 0.1) is 0 Å². The molecule has 0 aliphatic rings. The lowest BCUT2D eigenvalue weighted by atomic mass is 9.98. The molecule has 0 atom stereocenters. The second-order valence-corrected chi connectivity index (χ2v) is 4.62. The van der Waals surface area contributed by atoms with Gasteiger partial charge in [-0.15, -0.1) is 0 Å². The molecule has 2 nitrogen and oxygen atoms in total. The summed E-state index contributed by atoms with van der Waals surface area (Å²) in [5.74, 6) is 0.693. The minimum absolute atomic E-state index is 0.334. The quantitative estimate of drug-likeness (QED) is 0.844. The SMILES string of the molecule is Cc1ccc(-c2ccc(C(C)C)c(O)c2)cn1. The van der Waals surface area contributed by atoms with Gasteiger partial charge in [-0.1, -0.05) is 32.0 Å². The molecule has 1 aromatic heterocycles. The first kappa shape index (κ1) is 11.6. The summed E-state index contributed by atoms with van der Waals surface area (Å²) >= 11 is 0. The molecule has 0 spiro atoms. The van der Waals surface area contributed by atoms with Crippen LogP contribution in [0.1, 0.15) is 31.0 Å². The average Bonchev–Trinajstić information content (AvgIpc) is 2.29. The monoisotopic (exact) mass is 227 g/mol. The molecule has 0 aliphatic heterocycles. The van der Waals surface area contributed by atoms with E-state index in [0.29, 0.717) is 11.7 Å². The molecule has 2 rings (SSSR count). The van der Waals surface area contributed by atoms with Crippen molar-refractivity contribution in [3.8, 4) is 16.9 Å². The Bertz CT molecular complexity index is 515. The summed E-state index contributed by atoms with van der Waals surface area (Å²) in [7, 11) is 0. The van der Waals surface area contributed by atoms with Gasteiger partial charge in [0.1, 0.15) is 5.75 Å². The zero-order valence-corrected chi connectivity index (χ0v) is 10.4. The van der Waals surface area contributed by atoms with Crippen LogP contribution in [0.4, 0.5) is 0 Å². The van der Waals surface area contributed by atoms with E-state index in [1.807, 2.05) is 43.5 Å². The van der Waals surface area contributed by atoms with E-state index >= 15 is 0 Å². The zero-order chi connectivity index (χ0) is 12.4. The van der Waals surface area contributed by atoms with Crippen LogP contribution >= 0.6 is 0 Å². The van der Waals surface area contributed by atoms with Gasteiger partial charge in [-0.05, 0) is 36.1 Å². The average molecular weight is 227 g/mol. The Morgan fingerprint density at radius 3 is 2.29 bits per heavy atom. The first-order valence-electron chi connectivity index (χ1n) is 5.84. The Morgan fingerprint density at radius 1 is 1.06 bits per heavy atom. The van der Waals surface area contributed by atoms with Gasteiger partial charge in [0.25, 0.3) is 0 Å². The van der Waals surface area contributed by atoms with Crippen molar-refractivity contribution in [1.82, 2.24) is 4.98 Å². The lowest BCUT2D eigenvalue weighted by molar-refractivity contribution is 0.465. The smallest absolute Gasteiger partial charge is 0.119 e. The van der Waals surface area contributed by atoms with E-state index in [4.69, 9.17) is 0 Å². The number of aryl methyl sites for hydroxylation is 1. The Hall–Kier alpha value is -1.83. The van der Waals surface area contributed by atoms with Gasteiger partial charge >= 0.3 is 0 Å². The summed E-state index contributed by atoms with van der Waals surface area (Å²) in [5, 5.41) is 9.96. The van der Waals surface area contributed by atoms with Crippen molar-refractivity contribution < 1.29 is 5.11 Å². The Balaban J connectivity index is 2.41. The molecule has 0 bridgehead atoms. The molecule has 0 saturated carbocycles. The van der Waals surface area contributed by atoms with Gasteiger partial charge in [0.2, 0.25) is 0 Å². The highest BCUT2D eigenvalue weighted by molar-refractivity contribution is 5.65. The second-order valence-electron chi connectivity index (χ2n) is 4.62. The molecule has 1 N–H and O–H groups in total. The summed E-state index contributed by atoms with van der Waals surface area (Å²) in [6, 6.07) is 9.81. The van der Waals surface area contributed by atoms with Crippen LogP contribution in [0.3, 0.4) is 0 Å². The molecule has 0 saturated heterocycles. The number of hydrogen-bond donors (Lipinski definition) is 1. The fourth-order valence-corrected chi connectivity index (χ4v) is 1.85. The van der Waals surface area contributed by atoms with Crippen LogP contribution in [-0.4, -0.2) is 10.1 Å². The Labute approximate surface area is 102 Å². The predicted molar refractivity (Wildman–Crippen MR) is 70.2 cm³/mol. The van der Waals surface area contributed by atoms with Crippen LogP contribution < -0.4 is 0 Å². The number of benzene rings is 1. The number of aromatic hydroxyl groups is 1. The summed E-state index contributed by atoms with van der Waals surface area (Å²) in [5.41, 5.74) is 4.01. The third-order valence-electron chi connectivity index (χ3n) is 2.90. The molecule has 0 fully saturated rings. The van der Waals surface area contributed by atoms with Crippen LogP contribution in [0.25, 0.3) is 11.1 Å². The summed E-state index contributed by atoms with van der Waals surface area (Å²) in [4.78, 5) is 4.26. The lowest BCUT2D eigenvalue weighted by Gasteiger charge is -2.10. The number of hydrogen-bond acceptors (Lipinski definition) is 2. The van der Waals surface area contributed by atoms with Crippen molar-refractivity contribution in [2.75, 3.05) is 0 Å². The standard InChI is InChI=1S/C15H17NO/c1-10(2)14-7-6-12(8-15(14)17)13-5-4-11(3)16-9-13/h4-10,17H,1-3H3. The van der Waals surface area contributed by atoms with Gasteiger partial charge in [-0.2, -0.15) is 0 Å². The third kappa shape index (κ3) is 2.47. The van der Waals surface area contributed by atoms with Crippen molar-refractivity contribution in [3.63, 3.8) is 0 Å². The minimum Gasteiger partial charge on any atom is -0.508 e. The zero-order valence-electron chi connectivity index (χ0n) is 10.4. The first-order valence-corrected chi connectivity index (χ1v) is 5.84. The fraction of sp³-hybridized carbons (Fsp3) is 0.267. The highest BCUT2D eigenvalue weighted by Crippen LogP contribution is 2.30. The van der Waals surface area contributed by atoms with E-state index in [0.717, 1.165) is 22.4 Å². The van der Waals surface area contributed by atoms with Crippen molar-refractivity contribution in [3.05, 3.63) is 47.8 Å². The molecule has 0 radical (unpaired) electrons. The largest absolute Gasteiger partial charge is 0.508 e. The van der Waals surface area contributed by atoms with Gasteiger partial charge in [-0.3, -0.25) is 4.98 Å². The van der Waals surface area contributed by atoms with E-state index in [-0.39, 0.29) is 0 Å². The number of phenolic OH excluding ortho intramolecular Hbond substituents is 1. The number of aromatic nitrogens is 1. The van der Waals surface area contributed by atoms with E-state index in [9.17, 15) is 5.11 Å². The first-order chi connectivity index (χ1) is 8.08. The van der Waals surface area contributed by atoms with Crippen LogP contribution in [0.15, 0.2) is 36.5 Å². The summed E-state index contributed by atoms with van der Waals surface area (Å²) in [6.07, 6.45) is 1.83. The highest BCUT2D eigenvalue weighted by Gasteiger charge is 2.07. The maximum atomic E-state index is 9.96. The molecule has 0 aliphatic carbocycles. The van der Waals surface area contributed by atoms with Gasteiger partial charge < -0.3 is 5.11 Å². The lowest BCUT2D eigenvalue weighted by Crippen LogP contribution is -1.89. The normalized spacial score (nSPS) is 10.8. The van der Waals surface area contributed by atoms with Gasteiger partial charge in [0.15, 0.2) is 0 Å². The molecule has 0 unspecified atom stereocenters. The molecule has 17 heavy (non-hydrogen) atoms. The van der Waals surface area contributed by atoms with E-state index in [2.05, 4.69) is 18.8 Å². The van der Waals surface area contributed by atoms with Crippen LogP contribution in [-0.2, 0) is 0 Å². The predicted octanol–water partition coefficient (Wildman–Crippen LogP) is 3.89. The van der Waals surface area contributed by atoms with Crippen LogP contribution in [0.5, 0.6) is 5.75 Å². The van der Waals surface area contributed by atoms with E-state index in [1.165, 1.54) is 0 Å². The number of phenols is 1. The van der Waals surface area contributed by atoms with Gasteiger partial charge in [-0.25, -0.2) is 0 Å². The summed E-state index contributed by atoms with van der Waals surface area (Å²) in [6.45, 7) is 6.10. The Morgan fingerprint density at radius 2 is 1.76 bits per heavy atom. The van der Waals surface area contributed by atoms with E-state index < -0.39 is 0 Å². The number of rotatable bonds is 2. The van der Waals surface area contributed by atoms with Crippen molar-refractivity contribution in [2.24, 2.45) is 0 Å². The molecule has 2 heteroatoms. The third-order valence-corrected chi connectivity index (χ3v) is 2.90. The highest BCUT2D eigenvalue weighted by atomic mass is 16.3. The molecule has 2 aromatic rings. The molecule has 88 valence electrons. The maximum absolute atomic E-state index is 9.96.